The van der Waals surface area contributed by atoms with E-state index in [9.17, 15) is 4.79 Å². The Bertz CT molecular complexity index is 230. The first-order chi connectivity index (χ1) is 8.76. The summed E-state index contributed by atoms with van der Waals surface area (Å²) in [7, 11) is 1.68. The van der Waals surface area contributed by atoms with Gasteiger partial charge in [0.1, 0.15) is 0 Å². The second-order valence-electron chi connectivity index (χ2n) is 4.71. The van der Waals surface area contributed by atoms with Gasteiger partial charge >= 0.3 is 0 Å². The maximum atomic E-state index is 11.6. The second-order valence-corrected chi connectivity index (χ2v) is 4.71. The van der Waals surface area contributed by atoms with E-state index in [1.807, 2.05) is 6.92 Å². The minimum Gasteiger partial charge on any atom is -0.383 e. The molecule has 0 aromatic heterocycles. The number of hydrogen-bond donors (Lipinski definition) is 2. The zero-order chi connectivity index (χ0) is 13.2. The summed E-state index contributed by atoms with van der Waals surface area (Å²) < 4.78 is 10.4. The van der Waals surface area contributed by atoms with Crippen LogP contribution in [-0.2, 0) is 14.3 Å². The summed E-state index contributed by atoms with van der Waals surface area (Å²) in [4.78, 5) is 11.6. The predicted octanol–water partition coefficient (Wildman–Crippen LogP) is 0.544. The third-order valence-corrected chi connectivity index (χ3v) is 3.18. The Hall–Kier alpha value is -0.650. The van der Waals surface area contributed by atoms with Gasteiger partial charge in [-0.25, -0.2) is 0 Å². The summed E-state index contributed by atoms with van der Waals surface area (Å²) in [5.74, 6) is 0.673. The molecular weight excluding hydrogens is 232 g/mol. The van der Waals surface area contributed by atoms with Crippen LogP contribution in [0.4, 0.5) is 0 Å². The molecule has 0 aromatic rings. The maximum Gasteiger partial charge on any atom is 0.220 e. The zero-order valence-corrected chi connectivity index (χ0v) is 11.5. The first-order valence-corrected chi connectivity index (χ1v) is 6.84. The molecule has 1 amide bonds. The number of methoxy groups -OCH3 is 1. The fourth-order valence-corrected chi connectivity index (χ4v) is 2.14. The molecule has 0 saturated heterocycles. The monoisotopic (exact) mass is 258 g/mol. The fourth-order valence-electron chi connectivity index (χ4n) is 2.14. The van der Waals surface area contributed by atoms with Crippen molar-refractivity contribution in [2.75, 3.05) is 40.0 Å². The van der Waals surface area contributed by atoms with E-state index in [-0.39, 0.29) is 5.91 Å². The van der Waals surface area contributed by atoms with Crippen molar-refractivity contribution >= 4 is 5.91 Å². The zero-order valence-electron chi connectivity index (χ0n) is 11.5. The molecule has 1 fully saturated rings. The molecule has 5 heteroatoms. The van der Waals surface area contributed by atoms with Crippen molar-refractivity contribution in [3.05, 3.63) is 0 Å². The van der Waals surface area contributed by atoms with Crippen molar-refractivity contribution in [1.82, 2.24) is 10.6 Å². The molecule has 0 heterocycles. The lowest BCUT2D eigenvalue weighted by molar-refractivity contribution is -0.124. The Balaban J connectivity index is 1.89. The van der Waals surface area contributed by atoms with Gasteiger partial charge < -0.3 is 20.1 Å². The Labute approximate surface area is 110 Å². The predicted molar refractivity (Wildman–Crippen MR) is 70.5 cm³/mol. The molecule has 0 atom stereocenters. The van der Waals surface area contributed by atoms with Crippen LogP contribution < -0.4 is 10.6 Å². The Morgan fingerprint density at radius 2 is 2.06 bits per heavy atom. The van der Waals surface area contributed by atoms with Crippen LogP contribution in [0.2, 0.25) is 0 Å². The molecule has 1 aliphatic rings. The van der Waals surface area contributed by atoms with Crippen LogP contribution in [0.15, 0.2) is 0 Å². The van der Waals surface area contributed by atoms with E-state index >= 15 is 0 Å². The average Bonchev–Trinajstić information content (AvgIpc) is 2.31. The van der Waals surface area contributed by atoms with Crippen LogP contribution in [0.25, 0.3) is 0 Å². The molecule has 18 heavy (non-hydrogen) atoms. The molecule has 1 aliphatic carbocycles. The standard InChI is InChI=1S/C13H26N2O3/c1-3-18-12-8-11(9-12)10-13(16)15-5-4-14-6-7-17-2/h11-12,14H,3-10H2,1-2H3,(H,15,16). The van der Waals surface area contributed by atoms with Gasteiger partial charge in [-0.1, -0.05) is 0 Å². The van der Waals surface area contributed by atoms with E-state index in [0.717, 1.165) is 32.5 Å². The second kappa shape index (κ2) is 9.30. The van der Waals surface area contributed by atoms with E-state index in [0.29, 0.717) is 31.6 Å². The van der Waals surface area contributed by atoms with Crippen LogP contribution in [0.3, 0.4) is 0 Å². The molecule has 106 valence electrons. The summed E-state index contributed by atoms with van der Waals surface area (Å²) in [5.41, 5.74) is 0. The maximum absolute atomic E-state index is 11.6. The van der Waals surface area contributed by atoms with E-state index in [1.165, 1.54) is 0 Å². The quantitative estimate of drug-likeness (QED) is 0.562. The van der Waals surface area contributed by atoms with Crippen LogP contribution in [0.1, 0.15) is 26.2 Å². The van der Waals surface area contributed by atoms with Crippen LogP contribution in [0.5, 0.6) is 0 Å². The summed E-state index contributed by atoms with van der Waals surface area (Å²) in [6, 6.07) is 0. The fraction of sp³-hybridized carbons (Fsp3) is 0.923. The third-order valence-electron chi connectivity index (χ3n) is 3.18. The van der Waals surface area contributed by atoms with Crippen molar-refractivity contribution in [2.45, 2.75) is 32.3 Å². The van der Waals surface area contributed by atoms with Gasteiger partial charge in [-0.15, -0.1) is 0 Å². The van der Waals surface area contributed by atoms with Gasteiger partial charge in [0.2, 0.25) is 5.91 Å². The lowest BCUT2D eigenvalue weighted by Crippen LogP contribution is -2.38. The van der Waals surface area contributed by atoms with Gasteiger partial charge in [0, 0.05) is 39.8 Å². The van der Waals surface area contributed by atoms with Crippen molar-refractivity contribution in [1.29, 1.82) is 0 Å². The number of amides is 1. The van der Waals surface area contributed by atoms with Crippen LogP contribution >= 0.6 is 0 Å². The Kier molecular flexibility index (Phi) is 7.96. The highest BCUT2D eigenvalue weighted by Crippen LogP contribution is 2.32. The molecular formula is C13H26N2O3. The summed E-state index contributed by atoms with van der Waals surface area (Å²) in [5, 5.41) is 6.11. The first kappa shape index (κ1) is 15.4. The molecule has 5 nitrogen and oxygen atoms in total. The van der Waals surface area contributed by atoms with Crippen molar-refractivity contribution in [3.8, 4) is 0 Å². The topological polar surface area (TPSA) is 59.6 Å². The molecule has 0 aliphatic heterocycles. The lowest BCUT2D eigenvalue weighted by Gasteiger charge is -2.34. The molecule has 0 spiro atoms. The molecule has 0 aromatic carbocycles. The number of ether oxygens (including phenoxy) is 2. The molecule has 1 saturated carbocycles. The minimum absolute atomic E-state index is 0.156. The number of hydrogen-bond acceptors (Lipinski definition) is 4. The van der Waals surface area contributed by atoms with E-state index in [4.69, 9.17) is 9.47 Å². The van der Waals surface area contributed by atoms with Gasteiger partial charge in [-0.2, -0.15) is 0 Å². The van der Waals surface area contributed by atoms with E-state index in [1.54, 1.807) is 7.11 Å². The largest absolute Gasteiger partial charge is 0.383 e. The highest BCUT2D eigenvalue weighted by Gasteiger charge is 2.30. The van der Waals surface area contributed by atoms with Crippen LogP contribution in [0, 0.1) is 5.92 Å². The molecule has 2 N–H and O–H groups in total. The molecule has 0 radical (unpaired) electrons. The lowest BCUT2D eigenvalue weighted by atomic mass is 9.80. The Morgan fingerprint density at radius 1 is 1.28 bits per heavy atom. The summed E-state index contributed by atoms with van der Waals surface area (Å²) in [6.07, 6.45) is 3.10. The molecule has 0 bridgehead atoms. The van der Waals surface area contributed by atoms with Crippen molar-refractivity contribution in [2.24, 2.45) is 5.92 Å². The SMILES string of the molecule is CCOC1CC(CC(=O)NCCNCCOC)C1. The van der Waals surface area contributed by atoms with Crippen molar-refractivity contribution < 1.29 is 14.3 Å². The normalized spacial score (nSPS) is 22.6. The van der Waals surface area contributed by atoms with Gasteiger partial charge in [-0.05, 0) is 25.7 Å². The van der Waals surface area contributed by atoms with Gasteiger partial charge in [-0.3, -0.25) is 4.79 Å². The Morgan fingerprint density at radius 3 is 2.72 bits per heavy atom. The van der Waals surface area contributed by atoms with Gasteiger partial charge in [0.25, 0.3) is 0 Å². The average molecular weight is 258 g/mol. The van der Waals surface area contributed by atoms with Crippen molar-refractivity contribution in [3.63, 3.8) is 0 Å². The molecule has 0 unspecified atom stereocenters. The number of carbonyl (C=O) groups excluding carboxylic acids is 1. The van der Waals surface area contributed by atoms with Crippen LogP contribution in [-0.4, -0.2) is 52.0 Å². The first-order valence-electron chi connectivity index (χ1n) is 6.84. The van der Waals surface area contributed by atoms with Gasteiger partial charge in [0.05, 0.1) is 12.7 Å². The number of nitrogens with one attached hydrogen (secondary N) is 2. The summed E-state index contributed by atoms with van der Waals surface area (Å²) >= 11 is 0. The highest BCUT2D eigenvalue weighted by molar-refractivity contribution is 5.76. The molecule has 1 rings (SSSR count). The minimum atomic E-state index is 0.156. The van der Waals surface area contributed by atoms with E-state index in [2.05, 4.69) is 10.6 Å². The number of rotatable bonds is 10. The number of carbonyl (C=O) groups is 1. The van der Waals surface area contributed by atoms with E-state index < -0.39 is 0 Å². The third kappa shape index (κ3) is 6.33. The van der Waals surface area contributed by atoms with Gasteiger partial charge in [0.15, 0.2) is 0 Å². The highest BCUT2D eigenvalue weighted by atomic mass is 16.5. The summed E-state index contributed by atoms with van der Waals surface area (Å²) in [6.45, 7) is 5.79. The smallest absolute Gasteiger partial charge is 0.220 e.